The number of rotatable bonds is 5. The Kier molecular flexibility index (Phi) is 4.42. The van der Waals surface area contributed by atoms with Crippen molar-refractivity contribution in [2.24, 2.45) is 0 Å². The van der Waals surface area contributed by atoms with Gasteiger partial charge in [-0.2, -0.15) is 11.3 Å². The van der Waals surface area contributed by atoms with E-state index in [1.807, 2.05) is 0 Å². The van der Waals surface area contributed by atoms with Crippen LogP contribution in [0.5, 0.6) is 0 Å². The number of likely N-dealkylation sites (N-methyl/N-ethyl adjacent to an activating group) is 1. The average molecular weight is 198 g/mol. The lowest BCUT2D eigenvalue weighted by atomic mass is 10.2. The van der Waals surface area contributed by atoms with E-state index in [1.54, 1.807) is 11.3 Å². The molecule has 0 bridgehead atoms. The number of hydrogen-bond acceptors (Lipinski definition) is 3. The fourth-order valence-electron chi connectivity index (χ4n) is 1.09. The van der Waals surface area contributed by atoms with Crippen LogP contribution in [0, 0.1) is 6.92 Å². The Morgan fingerprint density at radius 1 is 1.38 bits per heavy atom. The first-order chi connectivity index (χ1) is 6.20. The summed E-state index contributed by atoms with van der Waals surface area (Å²) in [5.74, 6) is 0. The van der Waals surface area contributed by atoms with Gasteiger partial charge in [0.2, 0.25) is 0 Å². The Bertz CT molecular complexity index is 243. The molecule has 0 spiro atoms. The summed E-state index contributed by atoms with van der Waals surface area (Å²) in [5, 5.41) is 7.84. The second kappa shape index (κ2) is 5.37. The van der Waals surface area contributed by atoms with Gasteiger partial charge in [0, 0.05) is 19.6 Å². The van der Waals surface area contributed by atoms with Crippen LogP contribution in [0.2, 0.25) is 0 Å². The summed E-state index contributed by atoms with van der Waals surface area (Å²) in [6, 6.07) is 0. The number of nitrogens with zero attached hydrogens (tertiary/aromatic N) is 1. The molecular weight excluding hydrogens is 180 g/mol. The number of aryl methyl sites for hydroxylation is 1. The molecule has 0 aliphatic rings. The summed E-state index contributed by atoms with van der Waals surface area (Å²) < 4.78 is 0. The molecule has 0 amide bonds. The predicted octanol–water partition coefficient (Wildman–Crippen LogP) is 1.71. The summed E-state index contributed by atoms with van der Waals surface area (Å²) in [5.41, 5.74) is 2.84. The number of hydrogen-bond donors (Lipinski definition) is 1. The molecule has 1 aromatic heterocycles. The Hall–Kier alpha value is -0.380. The average Bonchev–Trinajstić information content (AvgIpc) is 2.45. The standard InChI is InChI=1S/C10H18N2S/c1-9-7-13-8-10(9)6-11-4-5-12(2)3/h7-8,11H,4-6H2,1-3H3. The van der Waals surface area contributed by atoms with Crippen LogP contribution in [-0.2, 0) is 6.54 Å². The Labute approximate surface area is 84.6 Å². The van der Waals surface area contributed by atoms with Crippen LogP contribution in [-0.4, -0.2) is 32.1 Å². The zero-order valence-corrected chi connectivity index (χ0v) is 9.45. The lowest BCUT2D eigenvalue weighted by Gasteiger charge is -2.09. The maximum atomic E-state index is 3.42. The van der Waals surface area contributed by atoms with Crippen molar-refractivity contribution in [2.75, 3.05) is 27.2 Å². The molecular formula is C10H18N2S. The van der Waals surface area contributed by atoms with E-state index >= 15 is 0 Å². The summed E-state index contributed by atoms with van der Waals surface area (Å²) in [6.45, 7) is 5.33. The highest BCUT2D eigenvalue weighted by Crippen LogP contribution is 2.12. The van der Waals surface area contributed by atoms with Gasteiger partial charge in [-0.3, -0.25) is 0 Å². The van der Waals surface area contributed by atoms with E-state index in [4.69, 9.17) is 0 Å². The van der Waals surface area contributed by atoms with Gasteiger partial charge in [-0.05, 0) is 42.9 Å². The molecule has 0 aliphatic heterocycles. The van der Waals surface area contributed by atoms with Crippen molar-refractivity contribution in [1.29, 1.82) is 0 Å². The normalized spacial score (nSPS) is 11.1. The summed E-state index contributed by atoms with van der Waals surface area (Å²) in [6.07, 6.45) is 0. The second-order valence-electron chi connectivity index (χ2n) is 3.56. The van der Waals surface area contributed by atoms with Gasteiger partial charge in [-0.15, -0.1) is 0 Å². The highest BCUT2D eigenvalue weighted by molar-refractivity contribution is 7.08. The van der Waals surface area contributed by atoms with Crippen LogP contribution in [0.1, 0.15) is 11.1 Å². The molecule has 0 atom stereocenters. The molecule has 0 fully saturated rings. The third kappa shape index (κ3) is 3.89. The Balaban J connectivity index is 2.17. The minimum Gasteiger partial charge on any atom is -0.311 e. The molecule has 2 nitrogen and oxygen atoms in total. The van der Waals surface area contributed by atoms with E-state index in [-0.39, 0.29) is 0 Å². The van der Waals surface area contributed by atoms with Gasteiger partial charge < -0.3 is 10.2 Å². The van der Waals surface area contributed by atoms with Crippen molar-refractivity contribution >= 4 is 11.3 Å². The molecule has 1 heterocycles. The largest absolute Gasteiger partial charge is 0.311 e. The van der Waals surface area contributed by atoms with Gasteiger partial charge in [0.1, 0.15) is 0 Å². The summed E-state index contributed by atoms with van der Waals surface area (Å²) in [4.78, 5) is 2.19. The molecule has 1 rings (SSSR count). The van der Waals surface area contributed by atoms with Gasteiger partial charge >= 0.3 is 0 Å². The molecule has 13 heavy (non-hydrogen) atoms. The minimum absolute atomic E-state index is 1.00. The van der Waals surface area contributed by atoms with Crippen molar-refractivity contribution in [3.05, 3.63) is 21.9 Å². The molecule has 0 radical (unpaired) electrons. The van der Waals surface area contributed by atoms with E-state index in [9.17, 15) is 0 Å². The predicted molar refractivity (Wildman–Crippen MR) is 59.3 cm³/mol. The SMILES string of the molecule is Cc1cscc1CNCCN(C)C. The van der Waals surface area contributed by atoms with Crippen LogP contribution in [0.4, 0.5) is 0 Å². The maximum absolute atomic E-state index is 3.42. The molecule has 1 aromatic rings. The van der Waals surface area contributed by atoms with E-state index in [0.717, 1.165) is 19.6 Å². The first kappa shape index (κ1) is 10.7. The Morgan fingerprint density at radius 2 is 2.15 bits per heavy atom. The van der Waals surface area contributed by atoms with Gasteiger partial charge in [-0.25, -0.2) is 0 Å². The van der Waals surface area contributed by atoms with E-state index in [0.29, 0.717) is 0 Å². The van der Waals surface area contributed by atoms with Crippen molar-refractivity contribution in [2.45, 2.75) is 13.5 Å². The molecule has 0 aliphatic carbocycles. The molecule has 0 unspecified atom stereocenters. The molecule has 0 saturated heterocycles. The van der Waals surface area contributed by atoms with Crippen molar-refractivity contribution in [3.63, 3.8) is 0 Å². The van der Waals surface area contributed by atoms with E-state index in [2.05, 4.69) is 42.0 Å². The topological polar surface area (TPSA) is 15.3 Å². The highest BCUT2D eigenvalue weighted by atomic mass is 32.1. The van der Waals surface area contributed by atoms with Crippen LogP contribution >= 0.6 is 11.3 Å². The molecule has 74 valence electrons. The third-order valence-electron chi connectivity index (χ3n) is 2.01. The van der Waals surface area contributed by atoms with Crippen LogP contribution in [0.25, 0.3) is 0 Å². The van der Waals surface area contributed by atoms with Crippen LogP contribution in [0.15, 0.2) is 10.8 Å². The fourth-order valence-corrected chi connectivity index (χ4v) is 1.95. The second-order valence-corrected chi connectivity index (χ2v) is 4.30. The lowest BCUT2D eigenvalue weighted by Crippen LogP contribution is -2.26. The number of nitrogens with one attached hydrogen (secondary N) is 1. The van der Waals surface area contributed by atoms with Gasteiger partial charge in [-0.1, -0.05) is 0 Å². The molecule has 3 heteroatoms. The highest BCUT2D eigenvalue weighted by Gasteiger charge is 1.97. The fraction of sp³-hybridized carbons (Fsp3) is 0.600. The maximum Gasteiger partial charge on any atom is 0.0216 e. The Morgan fingerprint density at radius 3 is 2.69 bits per heavy atom. The molecule has 1 N–H and O–H groups in total. The van der Waals surface area contributed by atoms with Crippen molar-refractivity contribution in [1.82, 2.24) is 10.2 Å². The zero-order chi connectivity index (χ0) is 9.68. The zero-order valence-electron chi connectivity index (χ0n) is 8.63. The van der Waals surface area contributed by atoms with Gasteiger partial charge in [0.05, 0.1) is 0 Å². The number of thiophene rings is 1. The lowest BCUT2D eigenvalue weighted by molar-refractivity contribution is 0.400. The van der Waals surface area contributed by atoms with E-state index in [1.165, 1.54) is 11.1 Å². The minimum atomic E-state index is 1.00. The smallest absolute Gasteiger partial charge is 0.0216 e. The first-order valence-electron chi connectivity index (χ1n) is 4.57. The van der Waals surface area contributed by atoms with Crippen LogP contribution in [0.3, 0.4) is 0 Å². The first-order valence-corrected chi connectivity index (χ1v) is 5.51. The summed E-state index contributed by atoms with van der Waals surface area (Å²) in [7, 11) is 4.19. The third-order valence-corrected chi connectivity index (χ3v) is 2.92. The molecule has 0 aromatic carbocycles. The van der Waals surface area contributed by atoms with Gasteiger partial charge in [0.15, 0.2) is 0 Å². The van der Waals surface area contributed by atoms with E-state index < -0.39 is 0 Å². The van der Waals surface area contributed by atoms with Crippen molar-refractivity contribution in [3.8, 4) is 0 Å². The van der Waals surface area contributed by atoms with Crippen LogP contribution < -0.4 is 5.32 Å². The van der Waals surface area contributed by atoms with Gasteiger partial charge in [0.25, 0.3) is 0 Å². The molecule has 0 saturated carbocycles. The summed E-state index contributed by atoms with van der Waals surface area (Å²) >= 11 is 1.78. The monoisotopic (exact) mass is 198 g/mol. The quantitative estimate of drug-likeness (QED) is 0.725. The van der Waals surface area contributed by atoms with Crippen molar-refractivity contribution < 1.29 is 0 Å².